The Balaban J connectivity index is 2.49. The molecule has 6 heteroatoms. The van der Waals surface area contributed by atoms with Gasteiger partial charge in [0.1, 0.15) is 11.9 Å². The quantitative estimate of drug-likeness (QED) is 0.782. The lowest BCUT2D eigenvalue weighted by Gasteiger charge is -2.16. The van der Waals surface area contributed by atoms with Crippen LogP contribution in [-0.2, 0) is 6.18 Å². The number of halogens is 5. The minimum atomic E-state index is -4.82. The Morgan fingerprint density at radius 3 is 2.43 bits per heavy atom. The lowest BCUT2D eigenvalue weighted by atomic mass is 9.98. The minimum absolute atomic E-state index is 0.0729. The van der Waals surface area contributed by atoms with E-state index in [0.717, 1.165) is 6.07 Å². The summed E-state index contributed by atoms with van der Waals surface area (Å²) in [4.78, 5) is 0. The van der Waals surface area contributed by atoms with E-state index in [1.165, 1.54) is 6.07 Å². The number of hydrogen-bond acceptors (Lipinski definition) is 1. The molecular formula is C15H11ClF4O. The van der Waals surface area contributed by atoms with E-state index in [2.05, 4.69) is 0 Å². The van der Waals surface area contributed by atoms with E-state index in [-0.39, 0.29) is 16.1 Å². The number of benzene rings is 2. The Morgan fingerprint density at radius 1 is 1.14 bits per heavy atom. The molecule has 1 atom stereocenters. The number of aliphatic hydroxyl groups is 1. The van der Waals surface area contributed by atoms with Crippen molar-refractivity contribution in [2.45, 2.75) is 19.2 Å². The topological polar surface area (TPSA) is 20.2 Å². The van der Waals surface area contributed by atoms with E-state index in [9.17, 15) is 22.7 Å². The fraction of sp³-hybridized carbons (Fsp3) is 0.200. The molecule has 2 aromatic carbocycles. The van der Waals surface area contributed by atoms with Gasteiger partial charge in [-0.3, -0.25) is 0 Å². The van der Waals surface area contributed by atoms with Crippen LogP contribution in [0.2, 0.25) is 5.02 Å². The molecule has 0 aromatic heterocycles. The number of aliphatic hydroxyl groups excluding tert-OH is 1. The SMILES string of the molecule is Cc1cccc(C(O)c2ccc(F)c(C(F)(F)F)c2)c1Cl. The van der Waals surface area contributed by atoms with Crippen molar-refractivity contribution in [2.24, 2.45) is 0 Å². The zero-order chi connectivity index (χ0) is 15.8. The summed E-state index contributed by atoms with van der Waals surface area (Å²) in [7, 11) is 0. The molecule has 0 aliphatic rings. The molecule has 1 nitrogen and oxygen atoms in total. The van der Waals surface area contributed by atoms with Crippen molar-refractivity contribution in [3.05, 3.63) is 69.5 Å². The monoisotopic (exact) mass is 318 g/mol. The maximum absolute atomic E-state index is 13.2. The molecule has 0 fully saturated rings. The standard InChI is InChI=1S/C15H11ClF4O/c1-8-3-2-4-10(13(8)16)14(21)9-5-6-12(17)11(7-9)15(18,19)20/h2-7,14,21H,1H3. The molecule has 0 aliphatic heterocycles. The van der Waals surface area contributed by atoms with Crippen LogP contribution >= 0.6 is 11.6 Å². The average Bonchev–Trinajstić information content (AvgIpc) is 2.40. The van der Waals surface area contributed by atoms with Crippen molar-refractivity contribution >= 4 is 11.6 Å². The van der Waals surface area contributed by atoms with Crippen molar-refractivity contribution in [3.63, 3.8) is 0 Å². The second kappa shape index (κ2) is 5.66. The van der Waals surface area contributed by atoms with Crippen molar-refractivity contribution in [1.82, 2.24) is 0 Å². The van der Waals surface area contributed by atoms with E-state index in [4.69, 9.17) is 11.6 Å². The summed E-state index contributed by atoms with van der Waals surface area (Å²) in [6.45, 7) is 1.71. The van der Waals surface area contributed by atoms with Crippen molar-refractivity contribution < 1.29 is 22.7 Å². The second-order valence-corrected chi connectivity index (χ2v) is 5.00. The van der Waals surface area contributed by atoms with Gasteiger partial charge >= 0.3 is 6.18 Å². The highest BCUT2D eigenvalue weighted by Crippen LogP contribution is 2.35. The average molecular weight is 319 g/mol. The molecule has 0 aliphatic carbocycles. The first-order valence-corrected chi connectivity index (χ1v) is 6.39. The van der Waals surface area contributed by atoms with Gasteiger partial charge in [0.15, 0.2) is 0 Å². The fourth-order valence-corrected chi connectivity index (χ4v) is 2.22. The second-order valence-electron chi connectivity index (χ2n) is 4.62. The molecule has 0 spiro atoms. The van der Waals surface area contributed by atoms with Gasteiger partial charge in [0.05, 0.1) is 5.56 Å². The van der Waals surface area contributed by atoms with E-state index in [0.29, 0.717) is 17.7 Å². The van der Waals surface area contributed by atoms with Crippen LogP contribution in [0.15, 0.2) is 36.4 Å². The highest BCUT2D eigenvalue weighted by molar-refractivity contribution is 6.32. The minimum Gasteiger partial charge on any atom is -0.384 e. The van der Waals surface area contributed by atoms with Gasteiger partial charge in [-0.1, -0.05) is 35.9 Å². The van der Waals surface area contributed by atoms with Crippen LogP contribution in [0.4, 0.5) is 17.6 Å². The molecular weight excluding hydrogens is 308 g/mol. The van der Waals surface area contributed by atoms with Crippen LogP contribution in [0, 0.1) is 12.7 Å². The highest BCUT2D eigenvalue weighted by atomic mass is 35.5. The van der Waals surface area contributed by atoms with Gasteiger partial charge in [0.25, 0.3) is 0 Å². The van der Waals surface area contributed by atoms with E-state index in [1.54, 1.807) is 19.1 Å². The molecule has 0 heterocycles. The van der Waals surface area contributed by atoms with E-state index in [1.807, 2.05) is 0 Å². The van der Waals surface area contributed by atoms with E-state index >= 15 is 0 Å². The van der Waals surface area contributed by atoms with Gasteiger partial charge < -0.3 is 5.11 Å². The summed E-state index contributed by atoms with van der Waals surface area (Å²) in [6, 6.07) is 7.24. The molecule has 112 valence electrons. The lowest BCUT2D eigenvalue weighted by Crippen LogP contribution is -2.10. The molecule has 0 saturated heterocycles. The fourth-order valence-electron chi connectivity index (χ4n) is 1.99. The first kappa shape index (κ1) is 15.8. The summed E-state index contributed by atoms with van der Waals surface area (Å²) in [6.07, 6.45) is -6.19. The summed E-state index contributed by atoms with van der Waals surface area (Å²) >= 11 is 6.04. The van der Waals surface area contributed by atoms with Crippen molar-refractivity contribution in [1.29, 1.82) is 0 Å². The Bertz CT molecular complexity index is 667. The maximum Gasteiger partial charge on any atom is 0.419 e. The lowest BCUT2D eigenvalue weighted by molar-refractivity contribution is -0.140. The molecule has 2 aromatic rings. The number of rotatable bonds is 2. The third-order valence-electron chi connectivity index (χ3n) is 3.13. The molecule has 0 radical (unpaired) electrons. The van der Waals surface area contributed by atoms with Crippen LogP contribution in [0.5, 0.6) is 0 Å². The van der Waals surface area contributed by atoms with Crippen LogP contribution in [0.25, 0.3) is 0 Å². The van der Waals surface area contributed by atoms with Crippen LogP contribution in [0.1, 0.15) is 28.4 Å². The number of alkyl halides is 3. The summed E-state index contributed by atoms with van der Waals surface area (Å²) in [5.74, 6) is -1.38. The third-order valence-corrected chi connectivity index (χ3v) is 3.64. The number of hydrogen-bond donors (Lipinski definition) is 1. The van der Waals surface area contributed by atoms with Gasteiger partial charge in [-0.15, -0.1) is 0 Å². The molecule has 0 saturated carbocycles. The zero-order valence-electron chi connectivity index (χ0n) is 10.9. The largest absolute Gasteiger partial charge is 0.419 e. The van der Waals surface area contributed by atoms with Crippen molar-refractivity contribution in [2.75, 3.05) is 0 Å². The Kier molecular flexibility index (Phi) is 4.25. The van der Waals surface area contributed by atoms with Crippen LogP contribution in [0.3, 0.4) is 0 Å². The maximum atomic E-state index is 13.2. The van der Waals surface area contributed by atoms with Crippen LogP contribution < -0.4 is 0 Å². The van der Waals surface area contributed by atoms with E-state index < -0.39 is 23.7 Å². The first-order valence-electron chi connectivity index (χ1n) is 6.01. The van der Waals surface area contributed by atoms with Gasteiger partial charge in [-0.2, -0.15) is 13.2 Å². The molecule has 2 rings (SSSR count). The van der Waals surface area contributed by atoms with Crippen LogP contribution in [-0.4, -0.2) is 5.11 Å². The number of aryl methyl sites for hydroxylation is 1. The summed E-state index contributed by atoms with van der Waals surface area (Å²) < 4.78 is 51.3. The highest BCUT2D eigenvalue weighted by Gasteiger charge is 2.34. The molecule has 0 amide bonds. The molecule has 1 unspecified atom stereocenters. The normalized spacial score (nSPS) is 13.3. The predicted octanol–water partition coefficient (Wildman–Crippen LogP) is 4.89. The van der Waals surface area contributed by atoms with Crippen molar-refractivity contribution in [3.8, 4) is 0 Å². The Morgan fingerprint density at radius 2 is 1.81 bits per heavy atom. The molecule has 21 heavy (non-hydrogen) atoms. The molecule has 0 bridgehead atoms. The van der Waals surface area contributed by atoms with Gasteiger partial charge in [0.2, 0.25) is 0 Å². The summed E-state index contributed by atoms with van der Waals surface area (Å²) in [5.41, 5.74) is -0.526. The molecule has 1 N–H and O–H groups in total. The zero-order valence-corrected chi connectivity index (χ0v) is 11.6. The Hall–Kier alpha value is -1.59. The first-order chi connectivity index (χ1) is 9.71. The summed E-state index contributed by atoms with van der Waals surface area (Å²) in [5, 5.41) is 10.5. The smallest absolute Gasteiger partial charge is 0.384 e. The van der Waals surface area contributed by atoms with Gasteiger partial charge in [-0.25, -0.2) is 4.39 Å². The Labute approximate surface area is 123 Å². The van der Waals surface area contributed by atoms with Gasteiger partial charge in [-0.05, 0) is 30.2 Å². The predicted molar refractivity (Wildman–Crippen MR) is 71.7 cm³/mol. The third kappa shape index (κ3) is 3.19. The van der Waals surface area contributed by atoms with Gasteiger partial charge in [0, 0.05) is 10.6 Å².